The molecule has 1 saturated carbocycles. The third-order valence-corrected chi connectivity index (χ3v) is 9.05. The Hall–Kier alpha value is -4.68. The molecule has 262 valence electrons. The van der Waals surface area contributed by atoms with Crippen molar-refractivity contribution < 1.29 is 53.1 Å². The maximum Gasteiger partial charge on any atom is 0.340 e. The van der Waals surface area contributed by atoms with Crippen LogP contribution in [0, 0.1) is 17.3 Å². The first-order valence-electron chi connectivity index (χ1n) is 15.9. The maximum absolute atomic E-state index is 14.5. The van der Waals surface area contributed by atoms with E-state index in [0.717, 1.165) is 6.92 Å². The molecule has 4 rings (SSSR count). The highest BCUT2D eigenvalue weighted by Crippen LogP contribution is 2.52. The Balaban J connectivity index is 1.88. The van der Waals surface area contributed by atoms with Crippen LogP contribution in [0.1, 0.15) is 75.1 Å². The fourth-order valence-electron chi connectivity index (χ4n) is 6.81. The lowest BCUT2D eigenvalue weighted by atomic mass is 9.73. The smallest absolute Gasteiger partial charge is 0.340 e. The number of ether oxygens (including phenoxy) is 4. The maximum atomic E-state index is 14.5. The van der Waals surface area contributed by atoms with Crippen LogP contribution in [0.4, 0.5) is 0 Å². The highest BCUT2D eigenvalue weighted by Gasteiger charge is 2.69. The van der Waals surface area contributed by atoms with Gasteiger partial charge in [0.2, 0.25) is 0 Å². The number of hydrogen-bond acceptors (Lipinski definition) is 12. The average molecular weight is 678 g/mol. The van der Waals surface area contributed by atoms with Crippen molar-refractivity contribution in [2.45, 2.75) is 90.0 Å². The minimum absolute atomic E-state index is 0.0329. The SMILES string of the molecule is C=C1CC(OC(C)=O)C(OC(=O)c2cccnc2)C(C)(C)C=CC(C)C(=O)C2(OC(C)=O)CC(C)(O)C(OC(=O)c3ccccc3)C2C1O. The lowest BCUT2D eigenvalue weighted by Gasteiger charge is -2.41. The van der Waals surface area contributed by atoms with Gasteiger partial charge in [-0.1, -0.05) is 57.7 Å². The summed E-state index contributed by atoms with van der Waals surface area (Å²) in [5.41, 5.74) is -5.02. The van der Waals surface area contributed by atoms with Crippen molar-refractivity contribution in [3.05, 3.63) is 90.3 Å². The number of nitrogens with zero attached hydrogens (tertiary/aromatic N) is 1. The normalized spacial score (nSPS) is 31.3. The monoisotopic (exact) mass is 677 g/mol. The van der Waals surface area contributed by atoms with Crippen molar-refractivity contribution in [1.29, 1.82) is 0 Å². The van der Waals surface area contributed by atoms with E-state index in [1.165, 1.54) is 50.5 Å². The molecule has 2 aliphatic rings. The van der Waals surface area contributed by atoms with Gasteiger partial charge in [-0.2, -0.15) is 0 Å². The first kappa shape index (κ1) is 37.1. The zero-order valence-electron chi connectivity index (χ0n) is 28.5. The van der Waals surface area contributed by atoms with E-state index < -0.39 is 89.0 Å². The number of fused-ring (bicyclic) bond motifs is 1. The quantitative estimate of drug-likeness (QED) is 0.256. The molecule has 49 heavy (non-hydrogen) atoms. The van der Waals surface area contributed by atoms with Gasteiger partial charge < -0.3 is 29.2 Å². The lowest BCUT2D eigenvalue weighted by Crippen LogP contribution is -2.56. The Labute approximate surface area is 285 Å². The van der Waals surface area contributed by atoms with Gasteiger partial charge in [0.15, 0.2) is 11.4 Å². The molecule has 8 atom stereocenters. The van der Waals surface area contributed by atoms with Crippen molar-refractivity contribution in [3.8, 4) is 0 Å². The number of aromatic nitrogens is 1. The second kappa shape index (κ2) is 14.4. The Morgan fingerprint density at radius 3 is 2.10 bits per heavy atom. The van der Waals surface area contributed by atoms with E-state index in [4.69, 9.17) is 18.9 Å². The van der Waals surface area contributed by atoms with E-state index in [-0.39, 0.29) is 23.1 Å². The summed E-state index contributed by atoms with van der Waals surface area (Å²) >= 11 is 0. The topological polar surface area (TPSA) is 176 Å². The minimum atomic E-state index is -2.18. The van der Waals surface area contributed by atoms with Gasteiger partial charge in [0, 0.05) is 50.4 Å². The van der Waals surface area contributed by atoms with Crippen molar-refractivity contribution in [3.63, 3.8) is 0 Å². The minimum Gasteiger partial charge on any atom is -0.458 e. The predicted molar refractivity (Wildman–Crippen MR) is 175 cm³/mol. The average Bonchev–Trinajstić information content (AvgIpc) is 3.26. The van der Waals surface area contributed by atoms with Gasteiger partial charge in [-0.15, -0.1) is 0 Å². The molecule has 1 aromatic carbocycles. The summed E-state index contributed by atoms with van der Waals surface area (Å²) in [6, 6.07) is 11.0. The molecule has 0 radical (unpaired) electrons. The zero-order valence-corrected chi connectivity index (χ0v) is 28.5. The summed E-state index contributed by atoms with van der Waals surface area (Å²) in [7, 11) is 0. The third-order valence-electron chi connectivity index (χ3n) is 9.05. The van der Waals surface area contributed by atoms with Gasteiger partial charge in [0.1, 0.15) is 23.9 Å². The largest absolute Gasteiger partial charge is 0.458 e. The van der Waals surface area contributed by atoms with Crippen LogP contribution in [0.25, 0.3) is 0 Å². The standard InChI is InChI=1S/C37H43NO11/c1-21-15-16-35(5,6)31(47-34(44)26-14-11-17-38-19-26)27(46-23(3)39)18-22(2)29(41)28-32(48-33(43)25-12-9-8-10-13-25)36(7,45)20-37(28,30(21)42)49-24(4)40/h8-17,19,21,27-29,31-32,41,45H,2,18,20H2,1,3-7H3. The summed E-state index contributed by atoms with van der Waals surface area (Å²) in [5, 5.41) is 23.9. The number of Topliss-reactive ketones (excluding diaryl/α,β-unsaturated/α-hetero) is 1. The van der Waals surface area contributed by atoms with Gasteiger partial charge in [-0.05, 0) is 36.8 Å². The summed E-state index contributed by atoms with van der Waals surface area (Å²) in [5.74, 6) is -6.43. The Morgan fingerprint density at radius 1 is 0.898 bits per heavy atom. The van der Waals surface area contributed by atoms with Crippen molar-refractivity contribution >= 4 is 29.7 Å². The van der Waals surface area contributed by atoms with E-state index >= 15 is 0 Å². The second-order valence-electron chi connectivity index (χ2n) is 13.6. The second-order valence-corrected chi connectivity index (χ2v) is 13.6. The number of rotatable bonds is 6. The van der Waals surface area contributed by atoms with Gasteiger partial charge in [-0.3, -0.25) is 19.4 Å². The zero-order chi connectivity index (χ0) is 36.3. The number of carbonyl (C=O) groups is 5. The summed E-state index contributed by atoms with van der Waals surface area (Å²) in [6.07, 6.45) is -0.612. The number of pyridine rings is 1. The fourth-order valence-corrected chi connectivity index (χ4v) is 6.81. The van der Waals surface area contributed by atoms with Crippen molar-refractivity contribution in [2.24, 2.45) is 17.3 Å². The molecule has 0 saturated heterocycles. The van der Waals surface area contributed by atoms with E-state index in [9.17, 15) is 34.2 Å². The van der Waals surface area contributed by atoms with Crippen LogP contribution < -0.4 is 0 Å². The number of carbonyl (C=O) groups excluding carboxylic acids is 5. The predicted octanol–water partition coefficient (Wildman–Crippen LogP) is 3.95. The van der Waals surface area contributed by atoms with Gasteiger partial charge in [0.25, 0.3) is 0 Å². The van der Waals surface area contributed by atoms with E-state index in [2.05, 4.69) is 11.6 Å². The molecule has 0 spiro atoms. The highest BCUT2D eigenvalue weighted by molar-refractivity contribution is 5.94. The number of allylic oxidation sites excluding steroid dienone is 1. The Kier molecular flexibility index (Phi) is 10.9. The van der Waals surface area contributed by atoms with Crippen LogP contribution in [0.2, 0.25) is 0 Å². The molecule has 2 N–H and O–H groups in total. The van der Waals surface area contributed by atoms with Gasteiger partial charge in [-0.25, -0.2) is 9.59 Å². The van der Waals surface area contributed by atoms with Gasteiger partial charge >= 0.3 is 23.9 Å². The van der Waals surface area contributed by atoms with Crippen LogP contribution in [0.5, 0.6) is 0 Å². The summed E-state index contributed by atoms with van der Waals surface area (Å²) < 4.78 is 23.3. The number of aliphatic hydroxyl groups is 2. The molecule has 0 amide bonds. The summed E-state index contributed by atoms with van der Waals surface area (Å²) in [6.45, 7) is 12.6. The van der Waals surface area contributed by atoms with E-state index in [1.807, 2.05) is 0 Å². The third kappa shape index (κ3) is 7.97. The van der Waals surface area contributed by atoms with Crippen LogP contribution in [-0.2, 0) is 33.3 Å². The molecule has 0 bridgehead atoms. The van der Waals surface area contributed by atoms with Crippen molar-refractivity contribution in [2.75, 3.05) is 0 Å². The van der Waals surface area contributed by atoms with Crippen LogP contribution in [-0.4, -0.2) is 80.5 Å². The molecule has 12 nitrogen and oxygen atoms in total. The number of aliphatic hydroxyl groups excluding tert-OH is 1. The number of hydrogen-bond donors (Lipinski definition) is 2. The first-order valence-corrected chi connectivity index (χ1v) is 15.9. The fraction of sp³-hybridized carbons (Fsp3) is 0.459. The van der Waals surface area contributed by atoms with Crippen LogP contribution >= 0.6 is 0 Å². The van der Waals surface area contributed by atoms with E-state index in [0.29, 0.717) is 0 Å². The number of ketones is 1. The molecule has 1 fully saturated rings. The van der Waals surface area contributed by atoms with Gasteiger partial charge in [0.05, 0.1) is 23.1 Å². The van der Waals surface area contributed by atoms with E-state index in [1.54, 1.807) is 51.1 Å². The Bertz CT molecular complexity index is 1620. The molecule has 0 aliphatic heterocycles. The molecule has 12 heteroatoms. The van der Waals surface area contributed by atoms with Crippen LogP contribution in [0.15, 0.2) is 79.2 Å². The van der Waals surface area contributed by atoms with Crippen molar-refractivity contribution in [1.82, 2.24) is 4.98 Å². The Morgan fingerprint density at radius 2 is 1.51 bits per heavy atom. The molecular weight excluding hydrogens is 634 g/mol. The highest BCUT2D eigenvalue weighted by atomic mass is 16.6. The summed E-state index contributed by atoms with van der Waals surface area (Å²) in [4.78, 5) is 70.3. The molecular formula is C37H43NO11. The van der Waals surface area contributed by atoms with Crippen LogP contribution in [0.3, 0.4) is 0 Å². The molecule has 1 aromatic heterocycles. The first-order chi connectivity index (χ1) is 22.9. The molecule has 1 heterocycles. The number of benzene rings is 1. The number of esters is 4. The molecule has 8 unspecified atom stereocenters. The molecule has 2 aliphatic carbocycles. The molecule has 2 aromatic rings. The lowest BCUT2D eigenvalue weighted by molar-refractivity contribution is -0.178.